The first-order chi connectivity index (χ1) is 15.5. The first-order valence-corrected chi connectivity index (χ1v) is 12.1. The zero-order chi connectivity index (χ0) is 22.7. The predicted octanol–water partition coefficient (Wildman–Crippen LogP) is 2.64. The predicted molar refractivity (Wildman–Crippen MR) is 128 cm³/mol. The van der Waals surface area contributed by atoms with Crippen molar-refractivity contribution in [3.05, 3.63) is 55.7 Å². The quantitative estimate of drug-likeness (QED) is 0.541. The molecule has 1 aromatic carbocycles. The van der Waals surface area contributed by atoms with Crippen molar-refractivity contribution in [2.45, 2.75) is 45.7 Å². The van der Waals surface area contributed by atoms with Gasteiger partial charge in [0.05, 0.1) is 0 Å². The van der Waals surface area contributed by atoms with E-state index in [0.29, 0.717) is 41.3 Å². The van der Waals surface area contributed by atoms with Crippen LogP contribution in [0.15, 0.2) is 33.9 Å². The molecule has 1 aliphatic rings. The number of nitrogens with one attached hydrogen (secondary N) is 1. The molecule has 4 rings (SSSR count). The van der Waals surface area contributed by atoms with Crippen LogP contribution in [0.2, 0.25) is 5.02 Å². The van der Waals surface area contributed by atoms with Gasteiger partial charge in [-0.2, -0.15) is 0 Å². The number of hydrogen-bond acceptors (Lipinski definition) is 6. The van der Waals surface area contributed by atoms with Crippen LogP contribution in [0.4, 0.5) is 5.13 Å². The summed E-state index contributed by atoms with van der Waals surface area (Å²) in [5.74, 6) is -0.292. The Labute approximate surface area is 194 Å². The van der Waals surface area contributed by atoms with Crippen LogP contribution in [0.25, 0.3) is 10.3 Å². The Hall–Kier alpha value is -2.65. The lowest BCUT2D eigenvalue weighted by atomic mass is 10.1. The zero-order valence-corrected chi connectivity index (χ0v) is 19.5. The smallest absolute Gasteiger partial charge is 0.333 e. The summed E-state index contributed by atoms with van der Waals surface area (Å²) in [4.78, 5) is 45.4. The van der Waals surface area contributed by atoms with Gasteiger partial charge < -0.3 is 10.2 Å². The van der Waals surface area contributed by atoms with E-state index in [9.17, 15) is 14.4 Å². The molecule has 3 heterocycles. The fourth-order valence-corrected chi connectivity index (χ4v) is 5.07. The highest BCUT2D eigenvalue weighted by Gasteiger charge is 2.22. The Kier molecular flexibility index (Phi) is 6.95. The molecule has 8 nitrogen and oxygen atoms in total. The molecule has 1 saturated heterocycles. The average Bonchev–Trinajstić information content (AvgIpc) is 3.46. The Balaban J connectivity index is 1.58. The van der Waals surface area contributed by atoms with E-state index in [1.165, 1.54) is 20.5 Å². The molecule has 1 amide bonds. The lowest BCUT2D eigenvalue weighted by Crippen LogP contribution is -2.42. The molecular weight excluding hydrogens is 450 g/mol. The molecule has 0 aliphatic carbocycles. The maximum atomic E-state index is 13.1. The largest absolute Gasteiger partial charge is 0.354 e. The van der Waals surface area contributed by atoms with Gasteiger partial charge in [0, 0.05) is 31.2 Å². The number of rotatable bonds is 8. The van der Waals surface area contributed by atoms with Gasteiger partial charge in [0.25, 0.3) is 5.56 Å². The Morgan fingerprint density at radius 1 is 1.16 bits per heavy atom. The zero-order valence-electron chi connectivity index (χ0n) is 18.0. The number of thiazole rings is 1. The number of amides is 1. The molecular formula is C22H26ClN5O3S. The van der Waals surface area contributed by atoms with Gasteiger partial charge in [-0.1, -0.05) is 42.0 Å². The first-order valence-electron chi connectivity index (χ1n) is 10.9. The van der Waals surface area contributed by atoms with Crippen molar-refractivity contribution < 1.29 is 4.79 Å². The van der Waals surface area contributed by atoms with Gasteiger partial charge in [0.2, 0.25) is 5.91 Å². The SMILES string of the molecule is CCCn1c(=O)c2sc(N3CCCC3)nc2n(CC(=O)NCCc2ccc(Cl)cc2)c1=O. The summed E-state index contributed by atoms with van der Waals surface area (Å²) in [5.41, 5.74) is 0.539. The number of nitrogens with zero attached hydrogens (tertiary/aromatic N) is 4. The summed E-state index contributed by atoms with van der Waals surface area (Å²) in [7, 11) is 0. The highest BCUT2D eigenvalue weighted by atomic mass is 35.5. The van der Waals surface area contributed by atoms with Gasteiger partial charge in [-0.3, -0.25) is 18.7 Å². The number of carbonyl (C=O) groups excluding carboxylic acids is 1. The highest BCUT2D eigenvalue weighted by Crippen LogP contribution is 2.28. The molecule has 10 heteroatoms. The fraction of sp³-hybridized carbons (Fsp3) is 0.455. The fourth-order valence-electron chi connectivity index (χ4n) is 3.87. The minimum Gasteiger partial charge on any atom is -0.354 e. The van der Waals surface area contributed by atoms with E-state index < -0.39 is 5.69 Å². The lowest BCUT2D eigenvalue weighted by molar-refractivity contribution is -0.121. The Bertz CT molecular complexity index is 1230. The van der Waals surface area contributed by atoms with E-state index in [0.717, 1.165) is 36.6 Å². The third-order valence-electron chi connectivity index (χ3n) is 5.53. The van der Waals surface area contributed by atoms with Crippen LogP contribution < -0.4 is 21.5 Å². The normalized spacial score (nSPS) is 13.8. The van der Waals surface area contributed by atoms with Crippen LogP contribution in [-0.4, -0.2) is 39.7 Å². The minimum atomic E-state index is -0.490. The van der Waals surface area contributed by atoms with Crippen molar-refractivity contribution in [2.75, 3.05) is 24.5 Å². The third kappa shape index (κ3) is 4.73. The van der Waals surface area contributed by atoms with Gasteiger partial charge >= 0.3 is 5.69 Å². The maximum Gasteiger partial charge on any atom is 0.333 e. The molecule has 170 valence electrons. The summed E-state index contributed by atoms with van der Waals surface area (Å²) < 4.78 is 2.98. The van der Waals surface area contributed by atoms with Crippen molar-refractivity contribution in [3.63, 3.8) is 0 Å². The third-order valence-corrected chi connectivity index (χ3v) is 6.87. The Morgan fingerprint density at radius 2 is 1.88 bits per heavy atom. The highest BCUT2D eigenvalue weighted by molar-refractivity contribution is 7.22. The van der Waals surface area contributed by atoms with Crippen LogP contribution in [0.3, 0.4) is 0 Å². The van der Waals surface area contributed by atoms with Crippen LogP contribution in [0, 0.1) is 0 Å². The van der Waals surface area contributed by atoms with Crippen LogP contribution in [0.5, 0.6) is 0 Å². The van der Waals surface area contributed by atoms with Gasteiger partial charge in [0.1, 0.15) is 11.2 Å². The molecule has 0 radical (unpaired) electrons. The van der Waals surface area contributed by atoms with Gasteiger partial charge in [0.15, 0.2) is 10.8 Å². The molecule has 1 N–H and O–H groups in total. The van der Waals surface area contributed by atoms with Crippen molar-refractivity contribution in [3.8, 4) is 0 Å². The van der Waals surface area contributed by atoms with E-state index in [4.69, 9.17) is 11.6 Å². The van der Waals surface area contributed by atoms with Crippen LogP contribution in [-0.2, 0) is 24.3 Å². The molecule has 0 unspecified atom stereocenters. The summed E-state index contributed by atoms with van der Waals surface area (Å²) in [5, 5.41) is 4.26. The number of benzene rings is 1. The molecule has 2 aromatic heterocycles. The number of halogens is 1. The van der Waals surface area contributed by atoms with Crippen molar-refractivity contribution in [2.24, 2.45) is 0 Å². The van der Waals surface area contributed by atoms with Crippen molar-refractivity contribution >= 4 is 44.3 Å². The molecule has 1 aliphatic heterocycles. The van der Waals surface area contributed by atoms with E-state index in [-0.39, 0.29) is 18.0 Å². The lowest BCUT2D eigenvalue weighted by Gasteiger charge is -2.12. The molecule has 0 saturated carbocycles. The molecule has 0 atom stereocenters. The number of carbonyl (C=O) groups is 1. The second kappa shape index (κ2) is 9.87. The van der Waals surface area contributed by atoms with Crippen molar-refractivity contribution in [1.82, 2.24) is 19.4 Å². The molecule has 0 spiro atoms. The molecule has 3 aromatic rings. The van der Waals surface area contributed by atoms with E-state index in [1.807, 2.05) is 31.2 Å². The number of fused-ring (bicyclic) bond motifs is 1. The molecule has 1 fully saturated rings. The second-order valence-corrected chi connectivity index (χ2v) is 9.31. The molecule has 0 bridgehead atoms. The van der Waals surface area contributed by atoms with Crippen LogP contribution >= 0.6 is 22.9 Å². The summed E-state index contributed by atoms with van der Waals surface area (Å²) >= 11 is 7.21. The van der Waals surface area contributed by atoms with Crippen molar-refractivity contribution in [1.29, 1.82) is 0 Å². The van der Waals surface area contributed by atoms with Gasteiger partial charge in [-0.25, -0.2) is 9.78 Å². The van der Waals surface area contributed by atoms with Gasteiger partial charge in [-0.15, -0.1) is 0 Å². The molecule has 32 heavy (non-hydrogen) atoms. The maximum absolute atomic E-state index is 13.1. The second-order valence-electron chi connectivity index (χ2n) is 7.90. The van der Waals surface area contributed by atoms with Crippen LogP contribution in [0.1, 0.15) is 31.7 Å². The summed E-state index contributed by atoms with van der Waals surface area (Å²) in [6.07, 6.45) is 3.46. The standard InChI is InChI=1S/C22H26ClN5O3S/c1-2-11-27-20(30)18-19(25-21(32-18)26-12-3-4-13-26)28(22(27)31)14-17(29)24-10-9-15-5-7-16(23)8-6-15/h5-8H,2-4,9-14H2,1H3,(H,24,29). The number of anilines is 1. The van der Waals surface area contributed by atoms with E-state index >= 15 is 0 Å². The summed E-state index contributed by atoms with van der Waals surface area (Å²) in [6, 6.07) is 7.45. The number of hydrogen-bond donors (Lipinski definition) is 1. The topological polar surface area (TPSA) is 89.2 Å². The monoisotopic (exact) mass is 475 g/mol. The summed E-state index contributed by atoms with van der Waals surface area (Å²) in [6.45, 7) is 4.25. The minimum absolute atomic E-state index is 0.177. The first kappa shape index (κ1) is 22.5. The van der Waals surface area contributed by atoms with E-state index in [1.54, 1.807) is 0 Å². The number of aromatic nitrogens is 3. The average molecular weight is 476 g/mol. The Morgan fingerprint density at radius 3 is 2.56 bits per heavy atom. The van der Waals surface area contributed by atoms with E-state index in [2.05, 4.69) is 15.2 Å². The van der Waals surface area contributed by atoms with Gasteiger partial charge in [-0.05, 0) is 43.4 Å².